The fourth-order valence-electron chi connectivity index (χ4n) is 4.34. The standard InChI is InChI=1S/C25H27N5O3/c1-31-22-7-5-4-6-20(22)28-12-14-29(15-13-28)25-21-17-19(27-30(21)11-10-26-25)18-8-9-23(32-2)24(16-18)33-3/h4-11,16-17H,12-15H2,1-3H3. The second-order valence-electron chi connectivity index (χ2n) is 7.83. The Bertz CT molecular complexity index is 1260. The number of fused-ring (bicyclic) bond motifs is 1. The Kier molecular flexibility index (Phi) is 5.64. The van der Waals surface area contributed by atoms with E-state index in [4.69, 9.17) is 24.3 Å². The number of rotatable bonds is 6. The zero-order valence-corrected chi connectivity index (χ0v) is 19.1. The van der Waals surface area contributed by atoms with Crippen LogP contribution in [0.3, 0.4) is 0 Å². The van der Waals surface area contributed by atoms with Gasteiger partial charge in [-0.1, -0.05) is 12.1 Å². The summed E-state index contributed by atoms with van der Waals surface area (Å²) in [6.07, 6.45) is 3.69. The number of nitrogens with zero attached hydrogens (tertiary/aromatic N) is 5. The molecule has 0 N–H and O–H groups in total. The van der Waals surface area contributed by atoms with Gasteiger partial charge < -0.3 is 24.0 Å². The monoisotopic (exact) mass is 445 g/mol. The summed E-state index contributed by atoms with van der Waals surface area (Å²) < 4.78 is 18.3. The molecule has 8 nitrogen and oxygen atoms in total. The third kappa shape index (κ3) is 3.88. The molecule has 170 valence electrons. The Labute approximate surface area is 192 Å². The van der Waals surface area contributed by atoms with Gasteiger partial charge in [-0.15, -0.1) is 0 Å². The van der Waals surface area contributed by atoms with Crippen LogP contribution in [0.5, 0.6) is 17.2 Å². The van der Waals surface area contributed by atoms with Gasteiger partial charge in [0.25, 0.3) is 0 Å². The van der Waals surface area contributed by atoms with Crippen LogP contribution in [0.15, 0.2) is 60.9 Å². The van der Waals surface area contributed by atoms with Crippen molar-refractivity contribution in [3.8, 4) is 28.5 Å². The van der Waals surface area contributed by atoms with Gasteiger partial charge in [0.1, 0.15) is 11.3 Å². The number of methoxy groups -OCH3 is 3. The number of aromatic nitrogens is 3. The van der Waals surface area contributed by atoms with E-state index in [2.05, 4.69) is 28.0 Å². The number of ether oxygens (including phenoxy) is 3. The molecule has 0 unspecified atom stereocenters. The molecule has 1 aliphatic rings. The van der Waals surface area contributed by atoms with Gasteiger partial charge in [0, 0.05) is 44.1 Å². The molecule has 4 aromatic rings. The number of para-hydroxylation sites is 2. The fourth-order valence-corrected chi connectivity index (χ4v) is 4.34. The van der Waals surface area contributed by atoms with E-state index in [9.17, 15) is 0 Å². The Hall–Kier alpha value is -3.94. The van der Waals surface area contributed by atoms with Gasteiger partial charge in [-0.3, -0.25) is 0 Å². The largest absolute Gasteiger partial charge is 0.495 e. The molecule has 0 bridgehead atoms. The zero-order chi connectivity index (χ0) is 22.8. The molecule has 33 heavy (non-hydrogen) atoms. The fraction of sp³-hybridized carbons (Fsp3) is 0.280. The Morgan fingerprint density at radius 2 is 1.48 bits per heavy atom. The van der Waals surface area contributed by atoms with Crippen LogP contribution in [-0.4, -0.2) is 62.1 Å². The Morgan fingerprint density at radius 1 is 0.758 bits per heavy atom. The van der Waals surface area contributed by atoms with Crippen molar-refractivity contribution in [3.63, 3.8) is 0 Å². The van der Waals surface area contributed by atoms with Crippen LogP contribution < -0.4 is 24.0 Å². The van der Waals surface area contributed by atoms with Crippen LogP contribution in [-0.2, 0) is 0 Å². The number of piperazine rings is 1. The van der Waals surface area contributed by atoms with E-state index >= 15 is 0 Å². The predicted octanol–water partition coefficient (Wildman–Crippen LogP) is 3.75. The smallest absolute Gasteiger partial charge is 0.161 e. The highest BCUT2D eigenvalue weighted by Gasteiger charge is 2.22. The lowest BCUT2D eigenvalue weighted by atomic mass is 10.1. The molecule has 2 aromatic heterocycles. The van der Waals surface area contributed by atoms with Gasteiger partial charge in [0.2, 0.25) is 0 Å². The topological polar surface area (TPSA) is 64.4 Å². The first-order chi connectivity index (χ1) is 16.2. The summed E-state index contributed by atoms with van der Waals surface area (Å²) in [4.78, 5) is 9.39. The van der Waals surface area contributed by atoms with Gasteiger partial charge in [0.15, 0.2) is 17.3 Å². The van der Waals surface area contributed by atoms with Gasteiger partial charge in [-0.05, 0) is 36.4 Å². The minimum atomic E-state index is 0.679. The highest BCUT2D eigenvalue weighted by Crippen LogP contribution is 2.34. The van der Waals surface area contributed by atoms with Crippen molar-refractivity contribution in [2.24, 2.45) is 0 Å². The molecule has 0 radical (unpaired) electrons. The molecular formula is C25H27N5O3. The van der Waals surface area contributed by atoms with Crippen LogP contribution >= 0.6 is 0 Å². The molecule has 0 amide bonds. The first-order valence-electron chi connectivity index (χ1n) is 10.9. The van der Waals surface area contributed by atoms with Gasteiger partial charge >= 0.3 is 0 Å². The molecule has 1 saturated heterocycles. The van der Waals surface area contributed by atoms with E-state index in [0.29, 0.717) is 11.5 Å². The van der Waals surface area contributed by atoms with Gasteiger partial charge in [0.05, 0.1) is 32.7 Å². The molecule has 0 saturated carbocycles. The number of hydrogen-bond acceptors (Lipinski definition) is 7. The van der Waals surface area contributed by atoms with Crippen molar-refractivity contribution in [2.45, 2.75) is 0 Å². The van der Waals surface area contributed by atoms with E-state index in [1.807, 2.05) is 41.0 Å². The molecule has 1 aliphatic heterocycles. The van der Waals surface area contributed by atoms with Crippen molar-refractivity contribution in [1.29, 1.82) is 0 Å². The molecule has 1 fully saturated rings. The molecule has 0 aliphatic carbocycles. The van der Waals surface area contributed by atoms with Crippen LogP contribution in [0.1, 0.15) is 0 Å². The Morgan fingerprint density at radius 3 is 2.24 bits per heavy atom. The average Bonchev–Trinajstić information content (AvgIpc) is 3.33. The lowest BCUT2D eigenvalue weighted by Crippen LogP contribution is -2.47. The molecule has 0 atom stereocenters. The summed E-state index contributed by atoms with van der Waals surface area (Å²) in [7, 11) is 4.99. The summed E-state index contributed by atoms with van der Waals surface area (Å²) in [5, 5.41) is 4.78. The van der Waals surface area contributed by atoms with Crippen molar-refractivity contribution in [3.05, 3.63) is 60.9 Å². The summed E-state index contributed by atoms with van der Waals surface area (Å²) in [6, 6.07) is 16.1. The van der Waals surface area contributed by atoms with Crippen LogP contribution in [0.2, 0.25) is 0 Å². The van der Waals surface area contributed by atoms with Crippen molar-refractivity contribution < 1.29 is 14.2 Å². The van der Waals surface area contributed by atoms with Crippen LogP contribution in [0, 0.1) is 0 Å². The molecule has 5 rings (SSSR count). The average molecular weight is 446 g/mol. The second-order valence-corrected chi connectivity index (χ2v) is 7.83. The van der Waals surface area contributed by atoms with Gasteiger partial charge in [-0.25, -0.2) is 9.50 Å². The molecule has 8 heteroatoms. The van der Waals surface area contributed by atoms with Crippen LogP contribution in [0.4, 0.5) is 11.5 Å². The first kappa shape index (κ1) is 20.9. The van der Waals surface area contributed by atoms with E-state index in [1.165, 1.54) is 0 Å². The molecule has 3 heterocycles. The maximum atomic E-state index is 5.55. The summed E-state index contributed by atoms with van der Waals surface area (Å²) in [5.41, 5.74) is 3.93. The predicted molar refractivity (Wildman–Crippen MR) is 129 cm³/mol. The SMILES string of the molecule is COc1ccc(-c2cc3c(N4CCN(c5ccccc5OC)CC4)nccn3n2)cc1OC. The van der Waals surface area contributed by atoms with E-state index in [0.717, 1.165) is 60.2 Å². The third-order valence-corrected chi connectivity index (χ3v) is 6.05. The second kappa shape index (κ2) is 8.90. The number of anilines is 2. The quantitative estimate of drug-likeness (QED) is 0.448. The van der Waals surface area contributed by atoms with Gasteiger partial charge in [-0.2, -0.15) is 5.10 Å². The van der Waals surface area contributed by atoms with Crippen molar-refractivity contribution in [2.75, 3.05) is 57.3 Å². The maximum absolute atomic E-state index is 5.55. The normalized spacial score (nSPS) is 13.9. The van der Waals surface area contributed by atoms with E-state index < -0.39 is 0 Å². The minimum Gasteiger partial charge on any atom is -0.495 e. The van der Waals surface area contributed by atoms with E-state index in [1.54, 1.807) is 27.5 Å². The number of hydrogen-bond donors (Lipinski definition) is 0. The Balaban J connectivity index is 1.41. The lowest BCUT2D eigenvalue weighted by Gasteiger charge is -2.37. The highest BCUT2D eigenvalue weighted by atomic mass is 16.5. The molecule has 2 aromatic carbocycles. The molecule has 0 spiro atoms. The van der Waals surface area contributed by atoms with Crippen molar-refractivity contribution in [1.82, 2.24) is 14.6 Å². The lowest BCUT2D eigenvalue weighted by molar-refractivity contribution is 0.355. The maximum Gasteiger partial charge on any atom is 0.161 e. The number of benzene rings is 2. The minimum absolute atomic E-state index is 0.679. The van der Waals surface area contributed by atoms with Crippen LogP contribution in [0.25, 0.3) is 16.8 Å². The third-order valence-electron chi connectivity index (χ3n) is 6.05. The summed E-state index contributed by atoms with van der Waals surface area (Å²) in [6.45, 7) is 3.50. The van der Waals surface area contributed by atoms with Crippen molar-refractivity contribution >= 4 is 17.0 Å². The summed E-state index contributed by atoms with van der Waals surface area (Å²) in [5.74, 6) is 3.22. The van der Waals surface area contributed by atoms with E-state index in [-0.39, 0.29) is 0 Å². The summed E-state index contributed by atoms with van der Waals surface area (Å²) >= 11 is 0. The zero-order valence-electron chi connectivity index (χ0n) is 19.1. The first-order valence-corrected chi connectivity index (χ1v) is 10.9. The molecular weight excluding hydrogens is 418 g/mol. The highest BCUT2D eigenvalue weighted by molar-refractivity contribution is 5.76.